The first-order chi connectivity index (χ1) is 9.67. The standard InChI is InChI=1S/C15H14ClN3O/c1-9-6-11(19-18-9)8-13-12-7-10(4-5-16)2-3-14(12)17-15(13)20/h2-3,6-8H,4-5H2,1H3,(H,17,20)(H,18,19). The van der Waals surface area contributed by atoms with Crippen LogP contribution in [0.15, 0.2) is 24.3 Å². The van der Waals surface area contributed by atoms with E-state index in [4.69, 9.17) is 11.6 Å². The van der Waals surface area contributed by atoms with E-state index in [9.17, 15) is 4.79 Å². The van der Waals surface area contributed by atoms with E-state index < -0.39 is 0 Å². The summed E-state index contributed by atoms with van der Waals surface area (Å²) in [5, 5.41) is 9.83. The molecule has 102 valence electrons. The molecule has 1 aromatic heterocycles. The zero-order valence-corrected chi connectivity index (χ0v) is 11.8. The Labute approximate surface area is 121 Å². The Bertz CT molecular complexity index is 703. The summed E-state index contributed by atoms with van der Waals surface area (Å²) in [5.74, 6) is 0.481. The molecule has 0 aliphatic carbocycles. The number of hydrogen-bond donors (Lipinski definition) is 2. The van der Waals surface area contributed by atoms with Gasteiger partial charge < -0.3 is 5.32 Å². The minimum absolute atomic E-state index is 0.0877. The zero-order valence-electron chi connectivity index (χ0n) is 11.0. The van der Waals surface area contributed by atoms with E-state index >= 15 is 0 Å². The lowest BCUT2D eigenvalue weighted by Crippen LogP contribution is -2.03. The number of carbonyl (C=O) groups excluding carboxylic acids is 1. The van der Waals surface area contributed by atoms with E-state index in [0.717, 1.165) is 34.6 Å². The van der Waals surface area contributed by atoms with Crippen molar-refractivity contribution in [3.63, 3.8) is 0 Å². The highest BCUT2D eigenvalue weighted by molar-refractivity contribution is 6.34. The number of H-pyrrole nitrogens is 1. The van der Waals surface area contributed by atoms with Crippen LogP contribution in [0.3, 0.4) is 0 Å². The Morgan fingerprint density at radius 1 is 1.35 bits per heavy atom. The summed E-state index contributed by atoms with van der Waals surface area (Å²) < 4.78 is 0. The van der Waals surface area contributed by atoms with Crippen molar-refractivity contribution >= 4 is 34.8 Å². The maximum Gasteiger partial charge on any atom is 0.256 e. The molecule has 1 amide bonds. The van der Waals surface area contributed by atoms with Gasteiger partial charge in [-0.15, -0.1) is 11.6 Å². The summed E-state index contributed by atoms with van der Waals surface area (Å²) in [4.78, 5) is 12.1. The molecule has 0 unspecified atom stereocenters. The second-order valence-electron chi connectivity index (χ2n) is 4.80. The minimum atomic E-state index is -0.0877. The van der Waals surface area contributed by atoms with Gasteiger partial charge in [-0.2, -0.15) is 5.10 Å². The van der Waals surface area contributed by atoms with Crippen molar-refractivity contribution in [1.29, 1.82) is 0 Å². The summed E-state index contributed by atoms with van der Waals surface area (Å²) in [7, 11) is 0. The van der Waals surface area contributed by atoms with Crippen LogP contribution in [0.2, 0.25) is 0 Å². The van der Waals surface area contributed by atoms with Crippen LogP contribution in [-0.4, -0.2) is 22.0 Å². The van der Waals surface area contributed by atoms with Gasteiger partial charge in [0.25, 0.3) is 5.91 Å². The molecular weight excluding hydrogens is 274 g/mol. The largest absolute Gasteiger partial charge is 0.321 e. The van der Waals surface area contributed by atoms with E-state index in [1.165, 1.54) is 0 Å². The van der Waals surface area contributed by atoms with Gasteiger partial charge in [-0.25, -0.2) is 0 Å². The number of anilines is 1. The normalized spacial score (nSPS) is 15.5. The van der Waals surface area contributed by atoms with Crippen LogP contribution in [0.1, 0.15) is 22.5 Å². The van der Waals surface area contributed by atoms with Gasteiger partial charge in [0, 0.05) is 17.1 Å². The number of rotatable bonds is 3. The number of carbonyl (C=O) groups is 1. The number of nitrogens with zero attached hydrogens (tertiary/aromatic N) is 1. The van der Waals surface area contributed by atoms with Crippen molar-refractivity contribution in [2.75, 3.05) is 11.2 Å². The molecule has 0 saturated carbocycles. The molecule has 1 aromatic carbocycles. The molecule has 0 fully saturated rings. The number of halogens is 1. The molecule has 2 N–H and O–H groups in total. The fraction of sp³-hybridized carbons (Fsp3) is 0.200. The van der Waals surface area contributed by atoms with Crippen molar-refractivity contribution in [3.05, 3.63) is 46.8 Å². The first-order valence-corrected chi connectivity index (χ1v) is 6.95. The SMILES string of the molecule is Cc1cc(C=C2C(=O)Nc3ccc(CCCl)cc32)[nH]n1. The molecule has 2 aromatic rings. The molecule has 0 atom stereocenters. The van der Waals surface area contributed by atoms with Crippen molar-refractivity contribution in [2.45, 2.75) is 13.3 Å². The third-order valence-electron chi connectivity index (χ3n) is 3.28. The molecule has 4 nitrogen and oxygen atoms in total. The highest BCUT2D eigenvalue weighted by atomic mass is 35.5. The number of alkyl halides is 1. The molecule has 0 bridgehead atoms. The lowest BCUT2D eigenvalue weighted by molar-refractivity contribution is -0.110. The first-order valence-electron chi connectivity index (χ1n) is 6.41. The van der Waals surface area contributed by atoms with Crippen LogP contribution < -0.4 is 5.32 Å². The van der Waals surface area contributed by atoms with Crippen LogP contribution in [0.4, 0.5) is 5.69 Å². The highest BCUT2D eigenvalue weighted by Gasteiger charge is 2.24. The Balaban J connectivity index is 2.03. The van der Waals surface area contributed by atoms with Crippen molar-refractivity contribution in [1.82, 2.24) is 10.2 Å². The van der Waals surface area contributed by atoms with Crippen molar-refractivity contribution in [3.8, 4) is 0 Å². The van der Waals surface area contributed by atoms with E-state index in [1.807, 2.05) is 37.3 Å². The van der Waals surface area contributed by atoms with E-state index in [2.05, 4.69) is 15.5 Å². The number of aromatic nitrogens is 2. The maximum absolute atomic E-state index is 12.1. The number of hydrogen-bond acceptors (Lipinski definition) is 2. The average Bonchev–Trinajstić information content (AvgIpc) is 2.96. The number of nitrogens with one attached hydrogen (secondary N) is 2. The predicted molar refractivity (Wildman–Crippen MR) is 80.7 cm³/mol. The summed E-state index contributed by atoms with van der Waals surface area (Å²) >= 11 is 5.77. The molecule has 2 heterocycles. The predicted octanol–water partition coefficient (Wildman–Crippen LogP) is 2.99. The van der Waals surface area contributed by atoms with E-state index in [-0.39, 0.29) is 5.91 Å². The number of aromatic amines is 1. The van der Waals surface area contributed by atoms with Gasteiger partial charge in [-0.3, -0.25) is 9.89 Å². The quantitative estimate of drug-likeness (QED) is 0.673. The molecular formula is C15H14ClN3O. The van der Waals surface area contributed by atoms with Crippen LogP contribution in [0.25, 0.3) is 11.6 Å². The van der Waals surface area contributed by atoms with Gasteiger partial charge in [-0.1, -0.05) is 6.07 Å². The second-order valence-corrected chi connectivity index (χ2v) is 5.17. The second kappa shape index (κ2) is 5.13. The van der Waals surface area contributed by atoms with Crippen LogP contribution in [0, 0.1) is 6.92 Å². The number of aryl methyl sites for hydroxylation is 2. The zero-order chi connectivity index (χ0) is 14.1. The Morgan fingerprint density at radius 2 is 2.20 bits per heavy atom. The highest BCUT2D eigenvalue weighted by Crippen LogP contribution is 2.33. The molecule has 0 radical (unpaired) electrons. The minimum Gasteiger partial charge on any atom is -0.321 e. The number of benzene rings is 1. The van der Waals surface area contributed by atoms with Gasteiger partial charge in [0.05, 0.1) is 17.0 Å². The third-order valence-corrected chi connectivity index (χ3v) is 3.46. The van der Waals surface area contributed by atoms with E-state index in [0.29, 0.717) is 11.5 Å². The van der Waals surface area contributed by atoms with Crippen LogP contribution in [-0.2, 0) is 11.2 Å². The molecule has 1 aliphatic rings. The molecule has 1 aliphatic heterocycles. The lowest BCUT2D eigenvalue weighted by atomic mass is 10.0. The summed E-state index contributed by atoms with van der Waals surface area (Å²) in [6.07, 6.45) is 2.62. The molecule has 0 saturated heterocycles. The molecule has 5 heteroatoms. The van der Waals surface area contributed by atoms with Gasteiger partial charge >= 0.3 is 0 Å². The fourth-order valence-electron chi connectivity index (χ4n) is 2.31. The molecule has 20 heavy (non-hydrogen) atoms. The first kappa shape index (κ1) is 12.9. The smallest absolute Gasteiger partial charge is 0.256 e. The third kappa shape index (κ3) is 2.34. The van der Waals surface area contributed by atoms with Crippen molar-refractivity contribution in [2.24, 2.45) is 0 Å². The van der Waals surface area contributed by atoms with E-state index in [1.54, 1.807) is 0 Å². The monoisotopic (exact) mass is 287 g/mol. The Hall–Kier alpha value is -2.07. The molecule has 0 spiro atoms. The van der Waals surface area contributed by atoms with Crippen LogP contribution in [0.5, 0.6) is 0 Å². The summed E-state index contributed by atoms with van der Waals surface area (Å²) in [5.41, 5.74) is 5.26. The fourth-order valence-corrected chi connectivity index (χ4v) is 2.53. The topological polar surface area (TPSA) is 57.8 Å². The van der Waals surface area contributed by atoms with Gasteiger partial charge in [0.2, 0.25) is 0 Å². The number of fused-ring (bicyclic) bond motifs is 1. The van der Waals surface area contributed by atoms with Gasteiger partial charge in [-0.05, 0) is 43.2 Å². The van der Waals surface area contributed by atoms with Gasteiger partial charge in [0.15, 0.2) is 0 Å². The van der Waals surface area contributed by atoms with Crippen LogP contribution >= 0.6 is 11.6 Å². The van der Waals surface area contributed by atoms with Crippen molar-refractivity contribution < 1.29 is 4.79 Å². The average molecular weight is 288 g/mol. The molecule has 3 rings (SSSR count). The lowest BCUT2D eigenvalue weighted by Gasteiger charge is -2.02. The summed E-state index contributed by atoms with van der Waals surface area (Å²) in [6, 6.07) is 7.84. The Kier molecular flexibility index (Phi) is 3.32. The summed E-state index contributed by atoms with van der Waals surface area (Å²) in [6.45, 7) is 1.90. The van der Waals surface area contributed by atoms with Gasteiger partial charge in [0.1, 0.15) is 0 Å². The maximum atomic E-state index is 12.1. The Morgan fingerprint density at radius 3 is 2.90 bits per heavy atom. The number of amides is 1.